The zero-order valence-electron chi connectivity index (χ0n) is 11.8. The number of rotatable bonds is 3. The first-order valence-corrected chi connectivity index (χ1v) is 6.89. The van der Waals surface area contributed by atoms with E-state index in [1.165, 1.54) is 18.2 Å². The summed E-state index contributed by atoms with van der Waals surface area (Å²) >= 11 is 0. The summed E-state index contributed by atoms with van der Waals surface area (Å²) in [4.78, 5) is 12.4. The Balaban J connectivity index is 2.05. The molecule has 0 heterocycles. The van der Waals surface area contributed by atoms with Crippen molar-refractivity contribution in [1.82, 2.24) is 0 Å². The van der Waals surface area contributed by atoms with E-state index in [9.17, 15) is 4.79 Å². The zero-order chi connectivity index (χ0) is 14.2. The van der Waals surface area contributed by atoms with Crippen molar-refractivity contribution in [2.24, 2.45) is 0 Å². The van der Waals surface area contributed by atoms with Crippen molar-refractivity contribution in [3.63, 3.8) is 0 Å². The van der Waals surface area contributed by atoms with E-state index in [2.05, 4.69) is 19.1 Å². The molecule has 0 unspecified atom stereocenters. The molecule has 1 aliphatic carbocycles. The molecule has 2 aromatic rings. The maximum atomic E-state index is 12.4. The van der Waals surface area contributed by atoms with Gasteiger partial charge in [-0.2, -0.15) is 0 Å². The number of carbonyl (C=O) groups excluding carboxylic acids is 1. The molecule has 102 valence electrons. The predicted octanol–water partition coefficient (Wildman–Crippen LogP) is 3.59. The van der Waals surface area contributed by atoms with E-state index in [4.69, 9.17) is 4.74 Å². The Morgan fingerprint density at radius 3 is 2.40 bits per heavy atom. The highest BCUT2D eigenvalue weighted by atomic mass is 16.5. The third-order valence-electron chi connectivity index (χ3n) is 4.36. The topological polar surface area (TPSA) is 26.3 Å². The molecule has 2 heteroatoms. The zero-order valence-corrected chi connectivity index (χ0v) is 11.8. The molecule has 2 atom stereocenters. The van der Waals surface area contributed by atoms with Gasteiger partial charge < -0.3 is 4.74 Å². The van der Waals surface area contributed by atoms with Crippen molar-refractivity contribution in [1.29, 1.82) is 0 Å². The molecular weight excluding hydrogens is 248 g/mol. The average molecular weight is 266 g/mol. The molecule has 0 amide bonds. The van der Waals surface area contributed by atoms with E-state index >= 15 is 0 Å². The first-order chi connectivity index (χ1) is 9.70. The van der Waals surface area contributed by atoms with Gasteiger partial charge in [0.15, 0.2) is 0 Å². The molecule has 0 spiro atoms. The van der Waals surface area contributed by atoms with Gasteiger partial charge in [-0.3, -0.25) is 4.79 Å². The van der Waals surface area contributed by atoms with Crippen molar-refractivity contribution in [3.05, 3.63) is 71.3 Å². The summed E-state index contributed by atoms with van der Waals surface area (Å²) in [5.41, 5.74) is 3.04. The second kappa shape index (κ2) is 4.78. The lowest BCUT2D eigenvalue weighted by molar-refractivity contribution is -0.143. The standard InChI is InChI=1S/C18H18O2/c1-13-8-6-7-11-15(13)16-12-18(16,17(19)20-2)14-9-4-3-5-10-14/h3-11,16H,12H2,1-2H3/t16-,18+/m0/s1. The highest BCUT2D eigenvalue weighted by Crippen LogP contribution is 2.61. The minimum atomic E-state index is -0.498. The van der Waals surface area contributed by atoms with Crippen LogP contribution in [-0.2, 0) is 14.9 Å². The molecule has 0 saturated heterocycles. The highest BCUT2D eigenvalue weighted by Gasteiger charge is 2.62. The Bertz CT molecular complexity index is 633. The van der Waals surface area contributed by atoms with Crippen LogP contribution in [-0.4, -0.2) is 13.1 Å². The fraction of sp³-hybridized carbons (Fsp3) is 0.278. The third-order valence-corrected chi connectivity index (χ3v) is 4.36. The monoisotopic (exact) mass is 266 g/mol. The Labute approximate surface area is 119 Å². The van der Waals surface area contributed by atoms with Gasteiger partial charge in [-0.05, 0) is 30.0 Å². The van der Waals surface area contributed by atoms with Crippen LogP contribution in [0.2, 0.25) is 0 Å². The smallest absolute Gasteiger partial charge is 0.316 e. The Morgan fingerprint density at radius 1 is 1.10 bits per heavy atom. The number of hydrogen-bond acceptors (Lipinski definition) is 2. The first-order valence-electron chi connectivity index (χ1n) is 6.89. The Kier molecular flexibility index (Phi) is 3.09. The molecule has 0 bridgehead atoms. The summed E-state index contributed by atoms with van der Waals surface area (Å²) in [5.74, 6) is 0.0931. The van der Waals surface area contributed by atoms with E-state index in [1.54, 1.807) is 0 Å². The number of carbonyl (C=O) groups is 1. The second-order valence-corrected chi connectivity index (χ2v) is 5.44. The number of ether oxygens (including phenoxy) is 1. The van der Waals surface area contributed by atoms with Crippen molar-refractivity contribution in [2.75, 3.05) is 7.11 Å². The lowest BCUT2D eigenvalue weighted by Gasteiger charge is -2.16. The van der Waals surface area contributed by atoms with Gasteiger partial charge in [-0.25, -0.2) is 0 Å². The van der Waals surface area contributed by atoms with E-state index in [1.807, 2.05) is 42.5 Å². The molecule has 1 fully saturated rings. The quantitative estimate of drug-likeness (QED) is 0.793. The average Bonchev–Trinajstić information content (AvgIpc) is 3.24. The minimum absolute atomic E-state index is 0.128. The summed E-state index contributed by atoms with van der Waals surface area (Å²) < 4.78 is 5.08. The van der Waals surface area contributed by atoms with Crippen molar-refractivity contribution in [2.45, 2.75) is 24.7 Å². The molecule has 0 aromatic heterocycles. The minimum Gasteiger partial charge on any atom is -0.468 e. The van der Waals surface area contributed by atoms with Gasteiger partial charge in [0.1, 0.15) is 5.41 Å². The van der Waals surface area contributed by atoms with Gasteiger partial charge in [-0.1, -0.05) is 54.6 Å². The number of methoxy groups -OCH3 is 1. The van der Waals surface area contributed by atoms with Crippen LogP contribution in [0.3, 0.4) is 0 Å². The van der Waals surface area contributed by atoms with Gasteiger partial charge in [0.05, 0.1) is 7.11 Å². The van der Waals surface area contributed by atoms with Gasteiger partial charge in [0, 0.05) is 5.92 Å². The van der Waals surface area contributed by atoms with E-state index in [-0.39, 0.29) is 11.9 Å². The molecule has 2 aromatic carbocycles. The summed E-state index contributed by atoms with van der Waals surface area (Å²) in [6.45, 7) is 2.10. The van der Waals surface area contributed by atoms with Crippen LogP contribution in [0.15, 0.2) is 54.6 Å². The van der Waals surface area contributed by atoms with Crippen LogP contribution < -0.4 is 0 Å². The Hall–Kier alpha value is -2.09. The molecular formula is C18H18O2. The maximum absolute atomic E-state index is 12.4. The molecule has 0 radical (unpaired) electrons. The van der Waals surface area contributed by atoms with Crippen LogP contribution in [0.1, 0.15) is 29.0 Å². The normalized spacial score (nSPS) is 24.2. The highest BCUT2D eigenvalue weighted by molar-refractivity contribution is 5.89. The van der Waals surface area contributed by atoms with Crippen LogP contribution >= 0.6 is 0 Å². The van der Waals surface area contributed by atoms with Gasteiger partial charge in [0.2, 0.25) is 0 Å². The summed E-state index contributed by atoms with van der Waals surface area (Å²) in [6, 6.07) is 18.3. The van der Waals surface area contributed by atoms with Crippen LogP contribution in [0, 0.1) is 6.92 Å². The largest absolute Gasteiger partial charge is 0.468 e. The molecule has 3 rings (SSSR count). The number of hydrogen-bond donors (Lipinski definition) is 0. The van der Waals surface area contributed by atoms with Gasteiger partial charge >= 0.3 is 5.97 Å². The van der Waals surface area contributed by atoms with E-state index in [0.29, 0.717) is 0 Å². The maximum Gasteiger partial charge on any atom is 0.316 e. The summed E-state index contributed by atoms with van der Waals surface area (Å²) in [5, 5.41) is 0. The fourth-order valence-electron chi connectivity index (χ4n) is 3.20. The van der Waals surface area contributed by atoms with Crippen molar-refractivity contribution >= 4 is 5.97 Å². The lowest BCUT2D eigenvalue weighted by atomic mass is 9.89. The number of esters is 1. The van der Waals surface area contributed by atoms with Gasteiger partial charge in [0.25, 0.3) is 0 Å². The van der Waals surface area contributed by atoms with E-state index in [0.717, 1.165) is 12.0 Å². The molecule has 2 nitrogen and oxygen atoms in total. The van der Waals surface area contributed by atoms with Crippen molar-refractivity contribution in [3.8, 4) is 0 Å². The second-order valence-electron chi connectivity index (χ2n) is 5.44. The van der Waals surface area contributed by atoms with E-state index < -0.39 is 5.41 Å². The number of aryl methyl sites for hydroxylation is 1. The van der Waals surface area contributed by atoms with Crippen LogP contribution in [0.5, 0.6) is 0 Å². The lowest BCUT2D eigenvalue weighted by Crippen LogP contribution is -2.24. The molecule has 1 aliphatic rings. The predicted molar refractivity (Wildman–Crippen MR) is 78.7 cm³/mol. The summed E-state index contributed by atoms with van der Waals surface area (Å²) in [6.07, 6.45) is 0.828. The van der Waals surface area contributed by atoms with Gasteiger partial charge in [-0.15, -0.1) is 0 Å². The SMILES string of the molecule is COC(=O)[C@@]1(c2ccccc2)C[C@H]1c1ccccc1C. The molecule has 0 aliphatic heterocycles. The Morgan fingerprint density at radius 2 is 1.75 bits per heavy atom. The van der Waals surface area contributed by atoms with Crippen LogP contribution in [0.25, 0.3) is 0 Å². The third kappa shape index (κ3) is 1.83. The van der Waals surface area contributed by atoms with Crippen molar-refractivity contribution < 1.29 is 9.53 Å². The first kappa shape index (κ1) is 12.9. The molecule has 20 heavy (non-hydrogen) atoms. The molecule has 0 N–H and O–H groups in total. The fourth-order valence-corrected chi connectivity index (χ4v) is 3.20. The summed E-state index contributed by atoms with van der Waals surface area (Å²) in [7, 11) is 1.47. The molecule has 1 saturated carbocycles. The van der Waals surface area contributed by atoms with Crippen LogP contribution in [0.4, 0.5) is 0 Å². The number of benzene rings is 2.